The summed E-state index contributed by atoms with van der Waals surface area (Å²) in [7, 11) is 0. The molecular weight excluding hydrogens is 212 g/mol. The van der Waals surface area contributed by atoms with Crippen LogP contribution >= 0.6 is 0 Å². The molecule has 17 heavy (non-hydrogen) atoms. The van der Waals surface area contributed by atoms with Gasteiger partial charge in [-0.1, -0.05) is 13.5 Å². The lowest BCUT2D eigenvalue weighted by atomic mass is 9.98. The summed E-state index contributed by atoms with van der Waals surface area (Å²) in [4.78, 5) is 16.2. The SMILES string of the molecule is C=CC(=O)CN1CCN(C(C)(C)C)[C@H](CC)C1. The zero-order valence-electron chi connectivity index (χ0n) is 11.7. The first kappa shape index (κ1) is 14.4. The van der Waals surface area contributed by atoms with Crippen LogP contribution < -0.4 is 0 Å². The predicted octanol–water partition coefficient (Wildman–Crippen LogP) is 1.94. The van der Waals surface area contributed by atoms with Crippen LogP contribution in [0.1, 0.15) is 34.1 Å². The molecule has 1 rings (SSSR count). The molecule has 0 aromatic heterocycles. The van der Waals surface area contributed by atoms with Gasteiger partial charge in [-0.3, -0.25) is 14.6 Å². The molecule has 0 spiro atoms. The monoisotopic (exact) mass is 238 g/mol. The van der Waals surface area contributed by atoms with Gasteiger partial charge in [-0.05, 0) is 33.3 Å². The standard InChI is InChI=1S/C14H26N2O/c1-6-12-10-15(11-13(17)7-2)8-9-16(12)14(3,4)5/h7,12H,2,6,8-11H2,1,3-5H3/t12-/m1/s1. The Morgan fingerprint density at radius 1 is 1.41 bits per heavy atom. The Hall–Kier alpha value is -0.670. The van der Waals surface area contributed by atoms with Crippen molar-refractivity contribution in [2.45, 2.75) is 45.7 Å². The Labute approximate surface area is 105 Å². The maximum atomic E-state index is 11.4. The largest absolute Gasteiger partial charge is 0.293 e. The van der Waals surface area contributed by atoms with Gasteiger partial charge in [-0.25, -0.2) is 0 Å². The molecule has 0 aromatic carbocycles. The first-order chi connectivity index (χ1) is 7.88. The van der Waals surface area contributed by atoms with Crippen molar-refractivity contribution >= 4 is 5.78 Å². The number of carbonyl (C=O) groups excluding carboxylic acids is 1. The van der Waals surface area contributed by atoms with Gasteiger partial charge in [-0.15, -0.1) is 0 Å². The van der Waals surface area contributed by atoms with Crippen molar-refractivity contribution in [2.24, 2.45) is 0 Å². The van der Waals surface area contributed by atoms with Gasteiger partial charge in [0, 0.05) is 31.2 Å². The Morgan fingerprint density at radius 3 is 2.53 bits per heavy atom. The summed E-state index contributed by atoms with van der Waals surface area (Å²) in [6.45, 7) is 16.1. The fraction of sp³-hybridized carbons (Fsp3) is 0.786. The lowest BCUT2D eigenvalue weighted by Crippen LogP contribution is -2.59. The van der Waals surface area contributed by atoms with Gasteiger partial charge >= 0.3 is 0 Å². The van der Waals surface area contributed by atoms with E-state index in [1.54, 1.807) is 0 Å². The number of hydrogen-bond donors (Lipinski definition) is 0. The Balaban J connectivity index is 2.60. The van der Waals surface area contributed by atoms with Gasteiger partial charge in [0.15, 0.2) is 5.78 Å². The number of rotatable bonds is 4. The molecule has 1 heterocycles. The summed E-state index contributed by atoms with van der Waals surface area (Å²) in [5.74, 6) is 0.129. The van der Waals surface area contributed by atoms with Crippen LogP contribution in [0, 0.1) is 0 Å². The van der Waals surface area contributed by atoms with Crippen molar-refractivity contribution in [3.05, 3.63) is 12.7 Å². The van der Waals surface area contributed by atoms with Crippen molar-refractivity contribution in [1.29, 1.82) is 0 Å². The van der Waals surface area contributed by atoms with Gasteiger partial charge in [0.2, 0.25) is 0 Å². The van der Waals surface area contributed by atoms with E-state index in [0.717, 1.165) is 26.1 Å². The highest BCUT2D eigenvalue weighted by molar-refractivity contribution is 5.90. The Kier molecular flexibility index (Phi) is 4.90. The first-order valence-corrected chi connectivity index (χ1v) is 6.52. The van der Waals surface area contributed by atoms with E-state index in [-0.39, 0.29) is 11.3 Å². The second-order valence-electron chi connectivity index (χ2n) is 5.83. The van der Waals surface area contributed by atoms with Crippen LogP contribution in [-0.4, -0.2) is 53.3 Å². The zero-order valence-corrected chi connectivity index (χ0v) is 11.7. The molecule has 3 nitrogen and oxygen atoms in total. The van der Waals surface area contributed by atoms with Crippen molar-refractivity contribution < 1.29 is 4.79 Å². The van der Waals surface area contributed by atoms with Crippen LogP contribution in [0.3, 0.4) is 0 Å². The second kappa shape index (κ2) is 5.78. The summed E-state index contributed by atoms with van der Waals surface area (Å²) < 4.78 is 0. The molecule has 3 heteroatoms. The molecular formula is C14H26N2O. The molecule has 0 radical (unpaired) electrons. The van der Waals surface area contributed by atoms with Crippen molar-refractivity contribution in [1.82, 2.24) is 9.80 Å². The predicted molar refractivity (Wildman–Crippen MR) is 72.2 cm³/mol. The molecule has 0 bridgehead atoms. The van der Waals surface area contributed by atoms with E-state index in [9.17, 15) is 4.79 Å². The maximum absolute atomic E-state index is 11.4. The third-order valence-corrected chi connectivity index (χ3v) is 3.51. The van der Waals surface area contributed by atoms with Crippen molar-refractivity contribution in [3.8, 4) is 0 Å². The maximum Gasteiger partial charge on any atom is 0.169 e. The highest BCUT2D eigenvalue weighted by Gasteiger charge is 2.32. The van der Waals surface area contributed by atoms with Crippen LogP contribution in [0.25, 0.3) is 0 Å². The average Bonchev–Trinajstić information content (AvgIpc) is 2.27. The molecule has 1 saturated heterocycles. The molecule has 0 amide bonds. The average molecular weight is 238 g/mol. The lowest BCUT2D eigenvalue weighted by Gasteiger charge is -2.47. The number of ketones is 1. The van der Waals surface area contributed by atoms with Crippen LogP contribution in [0.2, 0.25) is 0 Å². The fourth-order valence-corrected chi connectivity index (χ4v) is 2.58. The Morgan fingerprint density at radius 2 is 2.06 bits per heavy atom. The van der Waals surface area contributed by atoms with E-state index in [0.29, 0.717) is 12.6 Å². The van der Waals surface area contributed by atoms with E-state index >= 15 is 0 Å². The van der Waals surface area contributed by atoms with Crippen LogP contribution in [0.5, 0.6) is 0 Å². The first-order valence-electron chi connectivity index (χ1n) is 6.52. The van der Waals surface area contributed by atoms with Crippen molar-refractivity contribution in [3.63, 3.8) is 0 Å². The van der Waals surface area contributed by atoms with Gasteiger partial charge in [0.05, 0.1) is 6.54 Å². The molecule has 0 aliphatic carbocycles. The molecule has 98 valence electrons. The van der Waals surface area contributed by atoms with E-state index in [4.69, 9.17) is 0 Å². The lowest BCUT2D eigenvalue weighted by molar-refractivity contribution is -0.116. The molecule has 1 atom stereocenters. The van der Waals surface area contributed by atoms with Gasteiger partial charge in [-0.2, -0.15) is 0 Å². The third-order valence-electron chi connectivity index (χ3n) is 3.51. The molecule has 1 aliphatic rings. The minimum absolute atomic E-state index is 0.129. The van der Waals surface area contributed by atoms with Gasteiger partial charge in [0.1, 0.15) is 0 Å². The van der Waals surface area contributed by atoms with E-state index in [2.05, 4.69) is 44.1 Å². The minimum Gasteiger partial charge on any atom is -0.293 e. The molecule has 0 saturated carbocycles. The smallest absolute Gasteiger partial charge is 0.169 e. The Bertz CT molecular complexity index is 280. The quantitative estimate of drug-likeness (QED) is 0.699. The second-order valence-corrected chi connectivity index (χ2v) is 5.83. The topological polar surface area (TPSA) is 23.6 Å². The summed E-state index contributed by atoms with van der Waals surface area (Å²) in [6.07, 6.45) is 2.56. The number of nitrogens with zero attached hydrogens (tertiary/aromatic N) is 2. The van der Waals surface area contributed by atoms with E-state index < -0.39 is 0 Å². The summed E-state index contributed by atoms with van der Waals surface area (Å²) >= 11 is 0. The molecule has 0 N–H and O–H groups in total. The summed E-state index contributed by atoms with van der Waals surface area (Å²) in [5, 5.41) is 0. The van der Waals surface area contributed by atoms with E-state index in [1.165, 1.54) is 6.08 Å². The highest BCUT2D eigenvalue weighted by Crippen LogP contribution is 2.22. The molecule has 1 aliphatic heterocycles. The number of piperazine rings is 1. The fourth-order valence-electron chi connectivity index (χ4n) is 2.58. The molecule has 0 aromatic rings. The summed E-state index contributed by atoms with van der Waals surface area (Å²) in [5.41, 5.74) is 0.217. The zero-order chi connectivity index (χ0) is 13.1. The van der Waals surface area contributed by atoms with Gasteiger partial charge < -0.3 is 0 Å². The number of hydrogen-bond acceptors (Lipinski definition) is 3. The van der Waals surface area contributed by atoms with Crippen LogP contribution in [0.15, 0.2) is 12.7 Å². The molecule has 0 unspecified atom stereocenters. The summed E-state index contributed by atoms with van der Waals surface area (Å²) in [6, 6.07) is 0.557. The molecule has 1 fully saturated rings. The van der Waals surface area contributed by atoms with Crippen molar-refractivity contribution in [2.75, 3.05) is 26.2 Å². The van der Waals surface area contributed by atoms with Crippen LogP contribution in [0.4, 0.5) is 0 Å². The number of carbonyl (C=O) groups is 1. The highest BCUT2D eigenvalue weighted by atomic mass is 16.1. The minimum atomic E-state index is 0.129. The third kappa shape index (κ3) is 3.93. The van der Waals surface area contributed by atoms with E-state index in [1.807, 2.05) is 0 Å². The van der Waals surface area contributed by atoms with Gasteiger partial charge in [0.25, 0.3) is 0 Å². The normalized spacial score (nSPS) is 23.6. The van der Waals surface area contributed by atoms with Crippen LogP contribution in [-0.2, 0) is 4.79 Å².